The first-order valence-electron chi connectivity index (χ1n) is 16.6. The molecular weight excluding hydrogens is 637 g/mol. The molecule has 0 saturated carbocycles. The summed E-state index contributed by atoms with van der Waals surface area (Å²) in [4.78, 5) is 63.6. The van der Waals surface area contributed by atoms with Crippen molar-refractivity contribution < 1.29 is 24.3 Å². The lowest BCUT2D eigenvalue weighted by atomic mass is 9.92. The Balaban J connectivity index is 1.47. The molecule has 4 rings (SSSR count). The Morgan fingerprint density at radius 2 is 1.37 bits per heavy atom. The first-order chi connectivity index (χ1) is 23.0. The van der Waals surface area contributed by atoms with Gasteiger partial charge in [0.15, 0.2) is 11.6 Å². The second kappa shape index (κ2) is 15.7. The van der Waals surface area contributed by atoms with E-state index in [-0.39, 0.29) is 42.0 Å². The van der Waals surface area contributed by atoms with Crippen molar-refractivity contribution in [1.29, 1.82) is 0 Å². The molecule has 0 bridgehead atoms. The van der Waals surface area contributed by atoms with E-state index in [0.29, 0.717) is 16.3 Å². The number of aromatic nitrogens is 2. The van der Waals surface area contributed by atoms with Crippen LogP contribution in [0.3, 0.4) is 0 Å². The van der Waals surface area contributed by atoms with E-state index >= 15 is 0 Å². The molecule has 2 aromatic heterocycles. The largest absolute Gasteiger partial charge is 0.480 e. The molecular formula is C39H46N4O5S. The quantitative estimate of drug-likeness (QED) is 0.140. The number of rotatable bonds is 13. The van der Waals surface area contributed by atoms with Gasteiger partial charge in [-0.15, -0.1) is 11.3 Å². The van der Waals surface area contributed by atoms with Gasteiger partial charge < -0.3 is 15.3 Å². The fourth-order valence-corrected chi connectivity index (χ4v) is 6.60. The number of nitrogens with zero attached hydrogens (tertiary/aromatic N) is 3. The van der Waals surface area contributed by atoms with Gasteiger partial charge in [0.25, 0.3) is 5.91 Å². The standard InChI is InChI=1S/C39H46N4O5S/c1-23(2)43(24(3)4)37(46)29-15-13-27(14-16-29)31-21-40-35(41-22-31)28-11-9-26(10-12-28)19-30(36(45)42-25(5)38(47)48)20-32(44)33-17-18-34(49-33)39(6,7)8/h9-18,21-25,30H,19-20H2,1-8H3,(H,42,45)(H,47,48)/t25-,30-/m1/s1. The maximum Gasteiger partial charge on any atom is 0.325 e. The molecule has 0 saturated heterocycles. The van der Waals surface area contributed by atoms with Crippen LogP contribution in [0.25, 0.3) is 22.5 Å². The normalized spacial score (nSPS) is 12.9. The molecule has 2 amide bonds. The van der Waals surface area contributed by atoms with E-state index in [1.807, 2.05) is 87.2 Å². The molecule has 2 N–H and O–H groups in total. The molecule has 2 atom stereocenters. The summed E-state index contributed by atoms with van der Waals surface area (Å²) in [6, 6.07) is 17.8. The number of amides is 2. The van der Waals surface area contributed by atoms with Crippen LogP contribution in [0.1, 0.15) is 92.3 Å². The molecule has 0 spiro atoms. The molecule has 10 heteroatoms. The predicted molar refractivity (Wildman–Crippen MR) is 194 cm³/mol. The Morgan fingerprint density at radius 3 is 1.88 bits per heavy atom. The summed E-state index contributed by atoms with van der Waals surface area (Å²) in [6.07, 6.45) is 3.70. The fraction of sp³-hybridized carbons (Fsp3) is 0.385. The van der Waals surface area contributed by atoms with Crippen LogP contribution in [0.5, 0.6) is 0 Å². The molecule has 0 radical (unpaired) electrons. The monoisotopic (exact) mass is 682 g/mol. The van der Waals surface area contributed by atoms with Gasteiger partial charge in [0.05, 0.1) is 4.88 Å². The topological polar surface area (TPSA) is 130 Å². The third-order valence-electron chi connectivity index (χ3n) is 8.31. The zero-order valence-electron chi connectivity index (χ0n) is 29.5. The molecule has 4 aromatic rings. The number of thiophene rings is 1. The Kier molecular flexibility index (Phi) is 11.9. The van der Waals surface area contributed by atoms with E-state index in [9.17, 15) is 24.3 Å². The van der Waals surface area contributed by atoms with Gasteiger partial charge in [-0.25, -0.2) is 9.97 Å². The van der Waals surface area contributed by atoms with E-state index in [2.05, 4.69) is 36.1 Å². The maximum atomic E-state index is 13.3. The number of hydrogen-bond acceptors (Lipinski definition) is 7. The number of aliphatic carboxylic acids is 1. The van der Waals surface area contributed by atoms with Crippen molar-refractivity contribution in [3.63, 3.8) is 0 Å². The van der Waals surface area contributed by atoms with E-state index in [1.54, 1.807) is 18.5 Å². The van der Waals surface area contributed by atoms with Crippen molar-refractivity contribution in [3.8, 4) is 22.5 Å². The molecule has 0 unspecified atom stereocenters. The lowest BCUT2D eigenvalue weighted by molar-refractivity contribution is -0.141. The highest BCUT2D eigenvalue weighted by molar-refractivity contribution is 7.14. The Bertz CT molecular complexity index is 1760. The summed E-state index contributed by atoms with van der Waals surface area (Å²) in [5, 5.41) is 11.9. The molecule has 2 heterocycles. The van der Waals surface area contributed by atoms with Crippen molar-refractivity contribution in [2.75, 3.05) is 0 Å². The minimum Gasteiger partial charge on any atom is -0.480 e. The molecule has 2 aromatic carbocycles. The zero-order valence-corrected chi connectivity index (χ0v) is 30.3. The van der Waals surface area contributed by atoms with Crippen LogP contribution in [-0.4, -0.2) is 61.7 Å². The number of carbonyl (C=O) groups excluding carboxylic acids is 3. The van der Waals surface area contributed by atoms with Crippen LogP contribution in [0, 0.1) is 5.92 Å². The Labute approximate surface area is 292 Å². The SMILES string of the molecule is CC(C)N(C(=O)c1ccc(-c2cnc(-c3ccc(C[C@H](CC(=O)c4ccc(C(C)(C)C)s4)C(=O)N[C@H](C)C(=O)O)cc3)nc2)cc1)C(C)C. The third-order valence-corrected chi connectivity index (χ3v) is 9.86. The summed E-state index contributed by atoms with van der Waals surface area (Å²) >= 11 is 1.43. The van der Waals surface area contributed by atoms with Gasteiger partial charge >= 0.3 is 5.97 Å². The van der Waals surface area contributed by atoms with Gasteiger partial charge in [0.1, 0.15) is 6.04 Å². The summed E-state index contributed by atoms with van der Waals surface area (Å²) < 4.78 is 0. The van der Waals surface area contributed by atoms with Crippen LogP contribution >= 0.6 is 11.3 Å². The minimum absolute atomic E-state index is 0.00263. The molecule has 0 fully saturated rings. The Hall–Kier alpha value is -4.70. The van der Waals surface area contributed by atoms with Gasteiger partial charge in [0.2, 0.25) is 5.91 Å². The van der Waals surface area contributed by atoms with Gasteiger partial charge in [-0.2, -0.15) is 0 Å². The number of benzene rings is 2. The van der Waals surface area contributed by atoms with Crippen molar-refractivity contribution in [2.24, 2.45) is 5.92 Å². The van der Waals surface area contributed by atoms with Crippen molar-refractivity contribution in [3.05, 3.63) is 93.9 Å². The Morgan fingerprint density at radius 1 is 0.796 bits per heavy atom. The van der Waals surface area contributed by atoms with E-state index in [0.717, 1.165) is 27.1 Å². The average Bonchev–Trinajstić information content (AvgIpc) is 3.56. The summed E-state index contributed by atoms with van der Waals surface area (Å²) in [7, 11) is 0. The summed E-state index contributed by atoms with van der Waals surface area (Å²) in [6.45, 7) is 15.7. The number of Topliss-reactive ketones (excluding diaryl/α,β-unsaturated/α-hetero) is 1. The highest BCUT2D eigenvalue weighted by Gasteiger charge is 2.27. The highest BCUT2D eigenvalue weighted by atomic mass is 32.1. The lowest BCUT2D eigenvalue weighted by Gasteiger charge is -2.30. The van der Waals surface area contributed by atoms with Gasteiger partial charge in [-0.05, 0) is 81.8 Å². The van der Waals surface area contributed by atoms with Crippen LogP contribution in [0.4, 0.5) is 0 Å². The predicted octanol–water partition coefficient (Wildman–Crippen LogP) is 7.45. The molecule has 0 aliphatic heterocycles. The average molecular weight is 683 g/mol. The number of hydrogen-bond donors (Lipinski definition) is 2. The van der Waals surface area contributed by atoms with Crippen molar-refractivity contribution >= 4 is 34.9 Å². The minimum atomic E-state index is -1.14. The molecule has 49 heavy (non-hydrogen) atoms. The molecule has 9 nitrogen and oxygen atoms in total. The summed E-state index contributed by atoms with van der Waals surface area (Å²) in [5.41, 5.74) is 3.85. The van der Waals surface area contributed by atoms with E-state index in [1.165, 1.54) is 18.3 Å². The van der Waals surface area contributed by atoms with E-state index in [4.69, 9.17) is 0 Å². The van der Waals surface area contributed by atoms with Crippen LogP contribution < -0.4 is 5.32 Å². The second-order valence-electron chi connectivity index (χ2n) is 14.0. The number of ketones is 1. The number of carbonyl (C=O) groups is 4. The van der Waals surface area contributed by atoms with E-state index < -0.39 is 23.8 Å². The van der Waals surface area contributed by atoms with Gasteiger partial charge in [-0.3, -0.25) is 19.2 Å². The zero-order chi connectivity index (χ0) is 36.0. The number of nitrogens with one attached hydrogen (secondary N) is 1. The van der Waals surface area contributed by atoms with Crippen molar-refractivity contribution in [1.82, 2.24) is 20.2 Å². The summed E-state index contributed by atoms with van der Waals surface area (Å²) in [5.74, 6) is -2.00. The first kappa shape index (κ1) is 37.1. The lowest BCUT2D eigenvalue weighted by Crippen LogP contribution is -2.42. The van der Waals surface area contributed by atoms with Crippen LogP contribution in [-0.2, 0) is 21.4 Å². The van der Waals surface area contributed by atoms with Gasteiger partial charge in [-0.1, -0.05) is 57.2 Å². The van der Waals surface area contributed by atoms with Gasteiger partial charge in [0, 0.05) is 58.4 Å². The first-order valence-corrected chi connectivity index (χ1v) is 17.4. The van der Waals surface area contributed by atoms with Crippen molar-refractivity contribution in [2.45, 2.75) is 91.8 Å². The molecule has 258 valence electrons. The third kappa shape index (κ3) is 9.47. The second-order valence-corrected chi connectivity index (χ2v) is 15.1. The maximum absolute atomic E-state index is 13.3. The van der Waals surface area contributed by atoms with Crippen LogP contribution in [0.15, 0.2) is 73.1 Å². The smallest absolute Gasteiger partial charge is 0.325 e. The highest BCUT2D eigenvalue weighted by Crippen LogP contribution is 2.31. The molecule has 0 aliphatic rings. The number of carboxylic acid groups (broad SMARTS) is 1. The molecule has 0 aliphatic carbocycles. The fourth-order valence-electron chi connectivity index (χ4n) is 5.59. The van der Waals surface area contributed by atoms with Crippen LogP contribution in [0.2, 0.25) is 0 Å². The number of carboxylic acids is 1.